The fourth-order valence-electron chi connectivity index (χ4n) is 4.46. The van der Waals surface area contributed by atoms with E-state index in [2.05, 4.69) is 26.1 Å². The number of unbranched alkanes of at least 4 members (excludes halogenated alkanes) is 2. The summed E-state index contributed by atoms with van der Waals surface area (Å²) in [6.07, 6.45) is 6.58. The van der Waals surface area contributed by atoms with E-state index in [0.29, 0.717) is 31.8 Å². The third-order valence-electron chi connectivity index (χ3n) is 7.55. The molecule has 0 aliphatic rings. The lowest BCUT2D eigenvalue weighted by atomic mass is 9.95. The molecule has 2 unspecified atom stereocenters. The van der Waals surface area contributed by atoms with Crippen LogP contribution in [0.1, 0.15) is 77.3 Å². The van der Waals surface area contributed by atoms with Crippen LogP contribution in [0.3, 0.4) is 0 Å². The number of hydrogen-bond donors (Lipinski definition) is 3. The van der Waals surface area contributed by atoms with Gasteiger partial charge in [-0.3, -0.25) is 9.79 Å². The Morgan fingerprint density at radius 3 is 2.40 bits per heavy atom. The number of aryl methyl sites for hydroxylation is 1. The Balaban J connectivity index is 2.13. The van der Waals surface area contributed by atoms with Gasteiger partial charge in [-0.1, -0.05) is 57.7 Å². The third kappa shape index (κ3) is 10.8. The molecule has 2 aromatic rings. The summed E-state index contributed by atoms with van der Waals surface area (Å²) in [5.41, 5.74) is 3.81. The van der Waals surface area contributed by atoms with Gasteiger partial charge in [0.1, 0.15) is 5.75 Å². The maximum absolute atomic E-state index is 11.8. The molecule has 0 aromatic heterocycles. The summed E-state index contributed by atoms with van der Waals surface area (Å²) in [4.78, 5) is 19.3. The Morgan fingerprint density at radius 2 is 1.82 bits per heavy atom. The molecule has 0 heterocycles. The number of carbonyl (C=O) groups is 1. The van der Waals surface area contributed by atoms with Crippen molar-refractivity contribution in [1.82, 2.24) is 5.32 Å². The van der Waals surface area contributed by atoms with Crippen LogP contribution in [0.4, 0.5) is 5.69 Å². The Morgan fingerprint density at radius 1 is 1.15 bits per heavy atom. The second-order valence-corrected chi connectivity index (χ2v) is 11.3. The first-order chi connectivity index (χ1) is 19.2. The molecule has 2 atom stereocenters. The van der Waals surface area contributed by atoms with Gasteiger partial charge >= 0.3 is 0 Å². The molecule has 40 heavy (non-hydrogen) atoms. The normalized spacial score (nSPS) is 14.8. The van der Waals surface area contributed by atoms with Crippen molar-refractivity contribution in [3.8, 4) is 5.75 Å². The average Bonchev–Trinajstić information content (AvgIpc) is 2.97. The number of carbonyl (C=O) groups excluding carboxylic acids is 1. The lowest BCUT2D eigenvalue weighted by Crippen LogP contribution is -2.44. The molecule has 2 aromatic carbocycles. The van der Waals surface area contributed by atoms with E-state index in [4.69, 9.17) is 22.4 Å². The summed E-state index contributed by atoms with van der Waals surface area (Å²) in [5.74, 6) is 1.19. The minimum atomic E-state index is -1.01. The second kappa shape index (κ2) is 17.3. The summed E-state index contributed by atoms with van der Waals surface area (Å²) in [7, 11) is 1.66. The van der Waals surface area contributed by atoms with Crippen LogP contribution in [0.15, 0.2) is 58.4 Å². The Kier molecular flexibility index (Phi) is 14.5. The monoisotopic (exact) mass is 567 g/mol. The van der Waals surface area contributed by atoms with Crippen LogP contribution < -0.4 is 15.0 Å². The molecule has 0 spiro atoms. The predicted octanol–water partition coefficient (Wildman–Crippen LogP) is 7.06. The molecule has 220 valence electrons. The SMILES string of the molecule is CCCCCC(C)C(C)=N/C(=C(\S)CNCCC(O)(CC)CN(C=O)c1ccc(C)cc1)c1ccc(OC)cc1. The highest BCUT2D eigenvalue weighted by molar-refractivity contribution is 7.84. The quantitative estimate of drug-likeness (QED) is 0.0780. The van der Waals surface area contributed by atoms with E-state index in [9.17, 15) is 9.90 Å². The van der Waals surface area contributed by atoms with Crippen LogP contribution in [0, 0.1) is 12.8 Å². The van der Waals surface area contributed by atoms with Crippen molar-refractivity contribution >= 4 is 36.1 Å². The smallest absolute Gasteiger partial charge is 0.214 e. The van der Waals surface area contributed by atoms with E-state index in [1.807, 2.05) is 62.4 Å². The standard InChI is InChI=1S/C33H49N3O3S/c1-7-9-10-11-26(4)27(5)35-32(28-14-18-30(39-6)19-15-28)31(40)22-34-21-20-33(38,8-2)23-36(24-37)29-16-12-25(3)13-17-29/h12-19,24,26,34,38,40H,7-11,20-23H2,1-6H3/b32-31-,35-27?. The van der Waals surface area contributed by atoms with Crippen LogP contribution in [0.2, 0.25) is 0 Å². The van der Waals surface area contributed by atoms with Crippen molar-refractivity contribution in [2.45, 2.75) is 78.7 Å². The van der Waals surface area contributed by atoms with Gasteiger partial charge in [0, 0.05) is 28.4 Å². The van der Waals surface area contributed by atoms with Crippen LogP contribution in [0.5, 0.6) is 5.75 Å². The van der Waals surface area contributed by atoms with E-state index < -0.39 is 5.60 Å². The maximum atomic E-state index is 11.8. The highest BCUT2D eigenvalue weighted by atomic mass is 32.1. The molecule has 0 saturated carbocycles. The van der Waals surface area contributed by atoms with Gasteiger partial charge in [0.05, 0.1) is 25.0 Å². The molecule has 0 radical (unpaired) electrons. The molecule has 2 rings (SSSR count). The fraction of sp³-hybridized carbons (Fsp3) is 0.515. The number of amides is 1. The van der Waals surface area contributed by atoms with Gasteiger partial charge in [0.25, 0.3) is 0 Å². The van der Waals surface area contributed by atoms with E-state index in [-0.39, 0.29) is 6.54 Å². The van der Waals surface area contributed by atoms with Crippen LogP contribution in [0.25, 0.3) is 5.70 Å². The highest BCUT2D eigenvalue weighted by Crippen LogP contribution is 2.27. The number of aliphatic hydroxyl groups is 1. The molecule has 2 N–H and O–H groups in total. The largest absolute Gasteiger partial charge is 0.497 e. The molecular formula is C33H49N3O3S. The van der Waals surface area contributed by atoms with Crippen LogP contribution >= 0.6 is 12.6 Å². The third-order valence-corrected chi connectivity index (χ3v) is 7.92. The minimum Gasteiger partial charge on any atom is -0.497 e. The first-order valence-corrected chi connectivity index (χ1v) is 14.9. The van der Waals surface area contributed by atoms with Crippen molar-refractivity contribution in [3.05, 3.63) is 64.6 Å². The zero-order valence-electron chi connectivity index (χ0n) is 25.2. The Bertz CT molecular complexity index is 1100. The fourth-order valence-corrected chi connectivity index (χ4v) is 4.75. The maximum Gasteiger partial charge on any atom is 0.214 e. The topological polar surface area (TPSA) is 74.2 Å². The predicted molar refractivity (Wildman–Crippen MR) is 173 cm³/mol. The lowest BCUT2D eigenvalue weighted by molar-refractivity contribution is -0.108. The molecule has 1 amide bonds. The van der Waals surface area contributed by atoms with Crippen LogP contribution in [-0.2, 0) is 4.79 Å². The van der Waals surface area contributed by atoms with Gasteiger partial charge in [0.2, 0.25) is 6.41 Å². The van der Waals surface area contributed by atoms with Gasteiger partial charge in [-0.05, 0) is 82.0 Å². The van der Waals surface area contributed by atoms with Crippen molar-refractivity contribution in [1.29, 1.82) is 0 Å². The minimum absolute atomic E-state index is 0.234. The molecule has 0 aliphatic heterocycles. The number of thiol groups is 1. The molecule has 0 fully saturated rings. The highest BCUT2D eigenvalue weighted by Gasteiger charge is 2.27. The summed E-state index contributed by atoms with van der Waals surface area (Å²) in [5, 5.41) is 14.7. The van der Waals surface area contributed by atoms with E-state index in [1.54, 1.807) is 12.0 Å². The first kappa shape index (κ1) is 33.6. The van der Waals surface area contributed by atoms with Crippen molar-refractivity contribution < 1.29 is 14.6 Å². The van der Waals surface area contributed by atoms with E-state index in [0.717, 1.165) is 51.7 Å². The summed E-state index contributed by atoms with van der Waals surface area (Å²) >= 11 is 4.87. The molecule has 7 heteroatoms. The second-order valence-electron chi connectivity index (χ2n) is 10.7. The number of ether oxygens (including phenoxy) is 1. The number of rotatable bonds is 18. The molecule has 0 bridgehead atoms. The molecular weight excluding hydrogens is 518 g/mol. The number of nitrogens with zero attached hydrogens (tertiary/aromatic N) is 2. The lowest BCUT2D eigenvalue weighted by Gasteiger charge is -2.32. The van der Waals surface area contributed by atoms with Gasteiger partial charge in [0.15, 0.2) is 0 Å². The van der Waals surface area contributed by atoms with Crippen LogP contribution in [-0.4, -0.2) is 49.6 Å². The number of benzene rings is 2. The van der Waals surface area contributed by atoms with Gasteiger partial charge < -0.3 is 20.1 Å². The van der Waals surface area contributed by atoms with Crippen molar-refractivity contribution in [2.75, 3.05) is 31.6 Å². The van der Waals surface area contributed by atoms with Crippen molar-refractivity contribution in [3.63, 3.8) is 0 Å². The summed E-state index contributed by atoms with van der Waals surface area (Å²) in [6.45, 7) is 11.8. The first-order valence-electron chi connectivity index (χ1n) is 14.5. The summed E-state index contributed by atoms with van der Waals surface area (Å²) in [6, 6.07) is 15.6. The molecule has 6 nitrogen and oxygen atoms in total. The zero-order valence-corrected chi connectivity index (χ0v) is 26.1. The Hall–Kier alpha value is -2.61. The average molecular weight is 568 g/mol. The van der Waals surface area contributed by atoms with E-state index in [1.165, 1.54) is 19.3 Å². The molecule has 0 aliphatic carbocycles. The number of methoxy groups -OCH3 is 1. The molecule has 0 saturated heterocycles. The zero-order chi connectivity index (χ0) is 29.5. The number of hydrogen-bond acceptors (Lipinski definition) is 6. The number of anilines is 1. The van der Waals surface area contributed by atoms with Gasteiger partial charge in [-0.2, -0.15) is 0 Å². The van der Waals surface area contributed by atoms with Gasteiger partial charge in [-0.15, -0.1) is 12.6 Å². The summed E-state index contributed by atoms with van der Waals surface area (Å²) < 4.78 is 5.34. The van der Waals surface area contributed by atoms with Crippen molar-refractivity contribution in [2.24, 2.45) is 10.9 Å². The number of aliphatic imine (C=N–C) groups is 1. The van der Waals surface area contributed by atoms with E-state index >= 15 is 0 Å². The van der Waals surface area contributed by atoms with Gasteiger partial charge in [-0.25, -0.2) is 0 Å². The number of nitrogens with one attached hydrogen (secondary N) is 1. The Labute approximate surface area is 247 Å².